The number of Topliss-reactive ketones (excluding diaryl/α,β-unsaturated/α-hetero) is 1. The highest BCUT2D eigenvalue weighted by Crippen LogP contribution is 2.54. The lowest BCUT2D eigenvalue weighted by Crippen LogP contribution is -2.69. The van der Waals surface area contributed by atoms with E-state index >= 15 is 4.79 Å². The summed E-state index contributed by atoms with van der Waals surface area (Å²) in [5, 5.41) is 12.4. The van der Waals surface area contributed by atoms with E-state index in [1.807, 2.05) is 129 Å². The molecule has 25 heteroatoms. The third-order valence-electron chi connectivity index (χ3n) is 21.1. The summed E-state index contributed by atoms with van der Waals surface area (Å²) >= 11 is 0. The molecule has 0 spiro atoms. The van der Waals surface area contributed by atoms with Crippen molar-refractivity contribution in [2.45, 2.75) is 135 Å². The lowest BCUT2D eigenvalue weighted by Gasteiger charge is -2.53. The van der Waals surface area contributed by atoms with Gasteiger partial charge in [0.05, 0.1) is 54.2 Å². The number of hydrogen-bond donors (Lipinski definition) is 1. The van der Waals surface area contributed by atoms with Crippen LogP contribution in [-0.4, -0.2) is 160 Å². The molecule has 6 aromatic rings. The van der Waals surface area contributed by atoms with E-state index in [9.17, 15) is 33.9 Å². The number of ketones is 1. The van der Waals surface area contributed by atoms with Gasteiger partial charge >= 0.3 is 17.9 Å². The van der Waals surface area contributed by atoms with E-state index in [-0.39, 0.29) is 110 Å². The van der Waals surface area contributed by atoms with Crippen molar-refractivity contribution < 1.29 is 90.2 Å². The highest BCUT2D eigenvalue weighted by atomic mass is 31.2. The summed E-state index contributed by atoms with van der Waals surface area (Å²) in [6.45, 7) is 30.8. The zero-order valence-electron chi connectivity index (χ0n) is 63.4. The molecular weight excluding hydrogens is 1440 g/mol. The van der Waals surface area contributed by atoms with Crippen molar-refractivity contribution in [3.63, 3.8) is 0 Å². The highest BCUT2D eigenvalue weighted by Gasteiger charge is 2.61. The molecule has 3 amide bonds. The standard InChI is InChI=1S/C43H48NO7PSi.C22H27NO6Si.C19H19NO6/c1-8-26-48-42(47)41(52(32-18-12-9-13-19-32,33-20-14-10-15-21-33)34-22-16-11-17-23-34)44-35(28-36(45)31-24-25-37-38(27-31)50-29-49-37)39(40(44)46)30(2)51-53(6,7)43(3,4)5;1-6-9-26-22(25)20-15(14-7-8-17-18(10-14)28-12-27-17)11-16-19(21(24)23(16)20)13(2)29-30(3,4)5;1-3-6-24-19(23)17-12(8-13-16(10(2)21)18(22)20(13)17)11-4-5-14-15(7-11)26-9-25-14/h8-25,27,30,35,39H,1,26,28-29H2,2-7H3;6-8,10,13,16,19H,1,9,11-12H2,2-5H3;3-5,7,10,13,16,21H,1,6,8-9H2,2H3/t30-,35+,39+;13-,16-,19-;10-,13-,16-/m011/s1. The summed E-state index contributed by atoms with van der Waals surface area (Å²) in [6, 6.07) is 44.5. The van der Waals surface area contributed by atoms with Crippen molar-refractivity contribution in [3.05, 3.63) is 212 Å². The quantitative estimate of drug-likeness (QED) is 0.0106. The molecule has 0 saturated carbocycles. The monoisotopic (exact) mass is 1540 g/mol. The number of aliphatic hydroxyl groups is 1. The SMILES string of the molecule is C=CCOC(=O)C(N1C(=O)[C@H]([C@H](C)O[Si](C)(C)C(C)(C)C)[C@H]1CC(=O)c1ccc2c(c1)OCO2)=P(c1ccccc1)(c1ccccc1)c1ccccc1.C=CCOC(=O)C1=C(c2ccc3c(c2)OCO3)C[C@@H]2[C@@H]([C@@H](C)O)C(=O)N12.C=CCOC(=O)C1=C(c2ccc3c(c2)OCO3)C[C@@H]2[C@@H]([C@@H](C)O[Si](C)(C)C)C(=O)N12. The Morgan fingerprint density at radius 3 is 1.37 bits per heavy atom. The van der Waals surface area contributed by atoms with Crippen molar-refractivity contribution in [2.24, 2.45) is 17.8 Å². The molecule has 0 aromatic heterocycles. The van der Waals surface area contributed by atoms with Gasteiger partial charge in [-0.15, -0.1) is 0 Å². The fourth-order valence-electron chi connectivity index (χ4n) is 15.2. The van der Waals surface area contributed by atoms with Gasteiger partial charge in [0.2, 0.25) is 38.1 Å². The Balaban J connectivity index is 0.000000166. The van der Waals surface area contributed by atoms with Crippen LogP contribution in [0.3, 0.4) is 0 Å². The highest BCUT2D eigenvalue weighted by molar-refractivity contribution is 7.96. The van der Waals surface area contributed by atoms with Gasteiger partial charge < -0.3 is 71.3 Å². The molecular formula is C84H94N3O19PSi2. The predicted molar refractivity (Wildman–Crippen MR) is 419 cm³/mol. The van der Waals surface area contributed by atoms with Gasteiger partial charge in [-0.25, -0.2) is 14.4 Å². The number of β-lactam (4-membered cyclic amide) rings is 3. The molecule has 0 bridgehead atoms. The van der Waals surface area contributed by atoms with Gasteiger partial charge in [0.15, 0.2) is 56.9 Å². The number of rotatable bonds is 25. The molecule has 0 radical (unpaired) electrons. The van der Waals surface area contributed by atoms with Crippen LogP contribution in [0, 0.1) is 17.8 Å². The van der Waals surface area contributed by atoms with Gasteiger partial charge in [-0.2, -0.15) is 0 Å². The first-order valence-electron chi connectivity index (χ1n) is 36.5. The van der Waals surface area contributed by atoms with Crippen LogP contribution in [0.4, 0.5) is 0 Å². The number of likely N-dealkylation sites (tertiary alicyclic amines) is 1. The Morgan fingerprint density at radius 2 is 0.936 bits per heavy atom. The van der Waals surface area contributed by atoms with Crippen molar-refractivity contribution >= 4 is 97.4 Å². The van der Waals surface area contributed by atoms with Gasteiger partial charge in [0.1, 0.15) is 36.6 Å². The number of amides is 3. The van der Waals surface area contributed by atoms with Crippen LogP contribution in [0.2, 0.25) is 37.8 Å². The molecule has 0 unspecified atom stereocenters. The van der Waals surface area contributed by atoms with Gasteiger partial charge in [-0.3, -0.25) is 19.2 Å². The Labute approximate surface area is 638 Å². The number of benzene rings is 6. The van der Waals surface area contributed by atoms with Crippen LogP contribution in [0.25, 0.3) is 11.1 Å². The smallest absolute Gasteiger partial charge is 0.356 e. The van der Waals surface area contributed by atoms with Crippen molar-refractivity contribution in [3.8, 4) is 34.5 Å². The zero-order chi connectivity index (χ0) is 78.0. The van der Waals surface area contributed by atoms with Crippen LogP contribution >= 0.6 is 6.89 Å². The lowest BCUT2D eigenvalue weighted by atomic mass is 9.79. The molecule has 3 fully saturated rings. The van der Waals surface area contributed by atoms with E-state index in [2.05, 4.69) is 73.2 Å². The van der Waals surface area contributed by atoms with Crippen LogP contribution in [-0.2, 0) is 51.8 Å². The number of aliphatic hydroxyl groups excluding tert-OH is 1. The fourth-order valence-corrected chi connectivity index (χ4v) is 22.3. The van der Waals surface area contributed by atoms with Crippen molar-refractivity contribution in [1.82, 2.24) is 14.7 Å². The van der Waals surface area contributed by atoms with E-state index in [1.165, 1.54) is 23.1 Å². The van der Waals surface area contributed by atoms with Gasteiger partial charge in [0.25, 0.3) is 0 Å². The number of hydrogen-bond acceptors (Lipinski definition) is 19. The molecule has 3 saturated heterocycles. The second kappa shape index (κ2) is 32.2. The number of nitrogens with zero attached hydrogens (tertiary/aromatic N) is 3. The second-order valence-corrected chi connectivity index (χ2v) is 42.8. The Hall–Kier alpha value is -10.1. The Kier molecular flexibility index (Phi) is 23.2. The number of carbonyl (C=O) groups is 7. The van der Waals surface area contributed by atoms with E-state index in [0.29, 0.717) is 64.2 Å². The summed E-state index contributed by atoms with van der Waals surface area (Å²) in [6.07, 6.45) is 3.97. The average molecular weight is 1540 g/mol. The van der Waals surface area contributed by atoms with Crippen LogP contribution in [0.15, 0.2) is 195 Å². The molecule has 8 aliphatic heterocycles. The maximum absolute atomic E-state index is 15.1. The van der Waals surface area contributed by atoms with Gasteiger partial charge in [-0.05, 0) is 152 Å². The zero-order valence-corrected chi connectivity index (χ0v) is 66.2. The van der Waals surface area contributed by atoms with E-state index in [1.54, 1.807) is 47.1 Å². The summed E-state index contributed by atoms with van der Waals surface area (Å²) in [5.41, 5.74) is 4.27. The minimum atomic E-state index is -3.17. The second-order valence-electron chi connectivity index (χ2n) is 30.2. The van der Waals surface area contributed by atoms with Gasteiger partial charge in [-0.1, -0.05) is 162 Å². The van der Waals surface area contributed by atoms with Crippen LogP contribution < -0.4 is 44.3 Å². The van der Waals surface area contributed by atoms with E-state index in [0.717, 1.165) is 32.6 Å². The largest absolute Gasteiger partial charge is 0.457 e. The molecule has 8 aliphatic rings. The summed E-state index contributed by atoms with van der Waals surface area (Å²) in [4.78, 5) is 99.9. The molecule has 109 heavy (non-hydrogen) atoms. The summed E-state index contributed by atoms with van der Waals surface area (Å²) in [7, 11) is -4.17. The number of carbonyl (C=O) groups excluding carboxylic acids is 7. The molecule has 22 nitrogen and oxygen atoms in total. The van der Waals surface area contributed by atoms with Gasteiger partial charge in [0, 0.05) is 18.9 Å². The topological polar surface area (TPSA) is 251 Å². The molecule has 0 aliphatic carbocycles. The number of esters is 3. The molecule has 572 valence electrons. The Bertz CT molecular complexity index is 4580. The Morgan fingerprint density at radius 1 is 0.532 bits per heavy atom. The molecule has 1 N–H and O–H groups in total. The van der Waals surface area contributed by atoms with E-state index in [4.69, 9.17) is 51.5 Å². The minimum absolute atomic E-state index is 0.0577. The third-order valence-corrected chi connectivity index (χ3v) is 31.0. The number of ether oxygens (including phenoxy) is 9. The van der Waals surface area contributed by atoms with Crippen molar-refractivity contribution in [2.75, 3.05) is 40.2 Å². The molecule has 6 aromatic carbocycles. The lowest BCUT2D eigenvalue weighted by molar-refractivity contribution is -0.162. The van der Waals surface area contributed by atoms with Crippen molar-refractivity contribution in [1.29, 1.82) is 0 Å². The maximum Gasteiger partial charge on any atom is 0.356 e. The molecule has 8 heterocycles. The number of fused-ring (bicyclic) bond motifs is 5. The molecule has 9 atom stereocenters. The minimum Gasteiger partial charge on any atom is -0.457 e. The summed E-state index contributed by atoms with van der Waals surface area (Å²) < 4.78 is 62.2. The van der Waals surface area contributed by atoms with Crippen LogP contribution in [0.1, 0.15) is 82.3 Å². The van der Waals surface area contributed by atoms with E-state index < -0.39 is 71.5 Å². The average Bonchev–Trinajstić information content (AvgIpc) is 1.23. The maximum atomic E-state index is 15.1. The first kappa shape index (κ1) is 78.5. The fraction of sp³-hybridized carbons (Fsp3) is 0.357. The first-order chi connectivity index (χ1) is 52.0. The third kappa shape index (κ3) is 15.4. The predicted octanol–water partition coefficient (Wildman–Crippen LogP) is 11.9. The normalized spacial score (nSPS) is 20.7. The first-order valence-corrected chi connectivity index (χ1v) is 44.6. The van der Waals surface area contributed by atoms with Crippen LogP contribution in [0.5, 0.6) is 34.5 Å². The molecule has 14 rings (SSSR count). The summed E-state index contributed by atoms with van der Waals surface area (Å²) in [5.74, 6) is -0.436.